The molecular formula is C75H58BN3. The Hall–Kier alpha value is -9.12. The Bertz CT molecular complexity index is 4250. The summed E-state index contributed by atoms with van der Waals surface area (Å²) in [6.45, 7) is 4.42. The van der Waals surface area contributed by atoms with E-state index in [2.05, 4.69) is 277 Å². The molecule has 2 fully saturated rings. The lowest BCUT2D eigenvalue weighted by Gasteiger charge is -2.45. The van der Waals surface area contributed by atoms with Crippen LogP contribution in [0.25, 0.3) is 72.0 Å². The van der Waals surface area contributed by atoms with Crippen LogP contribution in [-0.4, -0.2) is 11.3 Å². The molecule has 4 heteroatoms. The van der Waals surface area contributed by atoms with Crippen molar-refractivity contribution in [1.82, 2.24) is 4.57 Å². The average Bonchev–Trinajstić information content (AvgIpc) is 4.20. The minimum absolute atomic E-state index is 0.0713. The van der Waals surface area contributed by atoms with Crippen molar-refractivity contribution in [3.05, 3.63) is 265 Å². The average molecular weight is 1010 g/mol. The van der Waals surface area contributed by atoms with Gasteiger partial charge in [-0.05, 0) is 179 Å². The van der Waals surface area contributed by atoms with Crippen LogP contribution in [0.1, 0.15) is 48.3 Å². The topological polar surface area (TPSA) is 11.4 Å². The molecular weight excluding hydrogens is 954 g/mol. The van der Waals surface area contributed by atoms with Crippen LogP contribution in [0, 0.1) is 25.7 Å². The highest BCUT2D eigenvalue weighted by Crippen LogP contribution is 2.55. The van der Waals surface area contributed by atoms with E-state index in [0.29, 0.717) is 5.92 Å². The molecule has 12 aromatic rings. The Morgan fingerprint density at radius 2 is 0.873 bits per heavy atom. The second-order valence-electron chi connectivity index (χ2n) is 22.9. The Balaban J connectivity index is 0.998. The number of hydrogen-bond acceptors (Lipinski definition) is 2. The highest BCUT2D eigenvalue weighted by Gasteiger charge is 2.45. The summed E-state index contributed by atoms with van der Waals surface area (Å²) in [6, 6.07) is 94.1. The van der Waals surface area contributed by atoms with E-state index in [-0.39, 0.29) is 6.71 Å². The van der Waals surface area contributed by atoms with Crippen molar-refractivity contribution in [3.63, 3.8) is 0 Å². The van der Waals surface area contributed by atoms with Crippen LogP contribution in [0.3, 0.4) is 0 Å². The van der Waals surface area contributed by atoms with E-state index in [1.165, 1.54) is 159 Å². The second kappa shape index (κ2) is 18.3. The van der Waals surface area contributed by atoms with Crippen molar-refractivity contribution < 1.29 is 0 Å². The molecule has 3 heterocycles. The van der Waals surface area contributed by atoms with Gasteiger partial charge in [-0.2, -0.15) is 0 Å². The number of anilines is 6. The van der Waals surface area contributed by atoms with Crippen LogP contribution in [0.5, 0.6) is 0 Å². The van der Waals surface area contributed by atoms with E-state index in [1.54, 1.807) is 0 Å². The maximum atomic E-state index is 2.66. The number of para-hydroxylation sites is 2. The molecule has 11 aromatic carbocycles. The molecule has 2 saturated carbocycles. The van der Waals surface area contributed by atoms with E-state index < -0.39 is 0 Å². The number of aryl methyl sites for hydroxylation is 2. The molecule has 2 aliphatic heterocycles. The molecule has 3 nitrogen and oxygen atoms in total. The Kier molecular flexibility index (Phi) is 10.6. The van der Waals surface area contributed by atoms with Crippen molar-refractivity contribution in [2.45, 2.75) is 45.4 Å². The smallest absolute Gasteiger partial charge is 0.252 e. The standard InChI is InChI=1S/C75H58BN3/c1-48-40-60(51-20-7-3-8-21-51)74(61(41-48)52-22-9-4-10-23-52)78-69-31-18-16-29-65(69)76-66-38-37-57(77-67-30-17-15-28-58(67)64-46-56(36-39-68(64)77)59-45-50-34-35-55(59)44-50)47-72(66)79(71-33-19-32-70(78)73(71)76)75-62(53-24-11-5-12-25-53)42-49(2)43-63(75)54-26-13-6-14-27-54/h3-33,36-43,46-47,50,55,59H,34-35,44-45H2,1-2H3. The van der Waals surface area contributed by atoms with Crippen LogP contribution in [0.2, 0.25) is 0 Å². The highest BCUT2D eigenvalue weighted by molar-refractivity contribution is 7.00. The van der Waals surface area contributed by atoms with Crippen molar-refractivity contribution in [1.29, 1.82) is 0 Å². The summed E-state index contributed by atoms with van der Waals surface area (Å²) < 4.78 is 2.55. The molecule has 3 atom stereocenters. The molecule has 16 rings (SSSR count). The Labute approximate surface area is 463 Å². The van der Waals surface area contributed by atoms with Gasteiger partial charge in [0, 0.05) is 61.5 Å². The maximum Gasteiger partial charge on any atom is 0.252 e. The van der Waals surface area contributed by atoms with Gasteiger partial charge >= 0.3 is 0 Å². The number of aromatic nitrogens is 1. The fourth-order valence-corrected chi connectivity index (χ4v) is 15.0. The minimum atomic E-state index is -0.0713. The van der Waals surface area contributed by atoms with Crippen LogP contribution in [0.4, 0.5) is 34.1 Å². The van der Waals surface area contributed by atoms with Crippen molar-refractivity contribution >= 4 is 79.0 Å². The fraction of sp³-hybridized carbons (Fsp3) is 0.120. The first kappa shape index (κ1) is 46.0. The van der Waals surface area contributed by atoms with Gasteiger partial charge in [0.05, 0.1) is 22.4 Å². The van der Waals surface area contributed by atoms with Gasteiger partial charge < -0.3 is 14.4 Å². The molecule has 3 unspecified atom stereocenters. The first-order valence-corrected chi connectivity index (χ1v) is 28.5. The lowest BCUT2D eigenvalue weighted by Crippen LogP contribution is -2.61. The van der Waals surface area contributed by atoms with Gasteiger partial charge in [-0.1, -0.05) is 182 Å². The van der Waals surface area contributed by atoms with Gasteiger partial charge in [-0.25, -0.2) is 0 Å². The van der Waals surface area contributed by atoms with E-state index >= 15 is 0 Å². The molecule has 1 aromatic heterocycles. The van der Waals surface area contributed by atoms with Crippen LogP contribution < -0.4 is 26.2 Å². The zero-order valence-electron chi connectivity index (χ0n) is 44.7. The van der Waals surface area contributed by atoms with E-state index in [4.69, 9.17) is 0 Å². The molecule has 2 bridgehead atoms. The number of nitrogens with zero attached hydrogens (tertiary/aromatic N) is 3. The monoisotopic (exact) mass is 1010 g/mol. The first-order chi connectivity index (χ1) is 39.0. The maximum absolute atomic E-state index is 2.66. The summed E-state index contributed by atoms with van der Waals surface area (Å²) in [6.07, 6.45) is 5.53. The molecule has 376 valence electrons. The molecule has 0 spiro atoms. The summed E-state index contributed by atoms with van der Waals surface area (Å²) in [7, 11) is 0. The van der Waals surface area contributed by atoms with Crippen molar-refractivity contribution in [3.8, 4) is 50.2 Å². The van der Waals surface area contributed by atoms with Gasteiger partial charge in [0.25, 0.3) is 6.71 Å². The van der Waals surface area contributed by atoms with E-state index in [1.807, 2.05) is 0 Å². The molecule has 4 aliphatic rings. The Morgan fingerprint density at radius 3 is 1.43 bits per heavy atom. The largest absolute Gasteiger partial charge is 0.310 e. The summed E-state index contributed by atoms with van der Waals surface area (Å²) in [5.74, 6) is 2.38. The lowest BCUT2D eigenvalue weighted by atomic mass is 9.33. The highest BCUT2D eigenvalue weighted by atomic mass is 15.2. The summed E-state index contributed by atoms with van der Waals surface area (Å²) >= 11 is 0. The summed E-state index contributed by atoms with van der Waals surface area (Å²) in [4.78, 5) is 5.28. The van der Waals surface area contributed by atoms with E-state index in [0.717, 1.165) is 17.5 Å². The zero-order valence-corrected chi connectivity index (χ0v) is 44.7. The normalized spacial score (nSPS) is 16.8. The quantitative estimate of drug-likeness (QED) is 0.141. The third-order valence-corrected chi connectivity index (χ3v) is 18.3. The third kappa shape index (κ3) is 7.27. The molecule has 2 aliphatic carbocycles. The lowest BCUT2D eigenvalue weighted by molar-refractivity contribution is 0.420. The molecule has 0 N–H and O–H groups in total. The molecule has 0 amide bonds. The summed E-state index contributed by atoms with van der Waals surface area (Å²) in [5.41, 5.74) is 28.1. The van der Waals surface area contributed by atoms with Crippen molar-refractivity contribution in [2.75, 3.05) is 9.80 Å². The predicted octanol–water partition coefficient (Wildman–Crippen LogP) is 18.1. The van der Waals surface area contributed by atoms with Crippen LogP contribution in [-0.2, 0) is 0 Å². The van der Waals surface area contributed by atoms with Crippen molar-refractivity contribution in [2.24, 2.45) is 11.8 Å². The molecule has 0 radical (unpaired) electrons. The Morgan fingerprint density at radius 1 is 0.380 bits per heavy atom. The number of rotatable bonds is 8. The zero-order chi connectivity index (χ0) is 52.3. The van der Waals surface area contributed by atoms with Gasteiger partial charge in [0.15, 0.2) is 0 Å². The molecule has 0 saturated heterocycles. The summed E-state index contributed by atoms with van der Waals surface area (Å²) in [5, 5.41) is 2.66. The second-order valence-corrected chi connectivity index (χ2v) is 22.9. The number of benzene rings is 11. The minimum Gasteiger partial charge on any atom is -0.310 e. The fourth-order valence-electron chi connectivity index (χ4n) is 15.0. The third-order valence-electron chi connectivity index (χ3n) is 18.3. The van der Waals surface area contributed by atoms with Crippen LogP contribution in [0.15, 0.2) is 249 Å². The van der Waals surface area contributed by atoms with Gasteiger partial charge in [0.1, 0.15) is 0 Å². The van der Waals surface area contributed by atoms with Gasteiger partial charge in [-0.3, -0.25) is 0 Å². The molecule has 79 heavy (non-hydrogen) atoms. The van der Waals surface area contributed by atoms with Gasteiger partial charge in [0.2, 0.25) is 0 Å². The number of hydrogen-bond donors (Lipinski definition) is 0. The predicted molar refractivity (Wildman–Crippen MR) is 334 cm³/mol. The van der Waals surface area contributed by atoms with Gasteiger partial charge in [-0.15, -0.1) is 0 Å². The number of fused-ring (bicyclic) bond motifs is 9. The van der Waals surface area contributed by atoms with E-state index in [9.17, 15) is 0 Å². The first-order valence-electron chi connectivity index (χ1n) is 28.5. The van der Waals surface area contributed by atoms with Crippen LogP contribution >= 0.6 is 0 Å². The SMILES string of the molecule is Cc1cc(-c2ccccc2)c(N2c3ccccc3B3c4ccc(-n5c6ccccc6c6cc(C7CC8CCC7C8)ccc65)cc4N(c4c(-c5ccccc5)cc(C)cc4-c4ccccc4)c4cccc2c43)c(-c2ccccc2)c1.